The van der Waals surface area contributed by atoms with E-state index in [1.165, 1.54) is 5.52 Å². The highest BCUT2D eigenvalue weighted by atomic mass is 16.1. The van der Waals surface area contributed by atoms with Crippen molar-refractivity contribution in [1.82, 2.24) is 19.7 Å². The van der Waals surface area contributed by atoms with Crippen LogP contribution in [0.4, 0.5) is 5.69 Å². The van der Waals surface area contributed by atoms with Gasteiger partial charge in [-0.05, 0) is 43.4 Å². The lowest BCUT2D eigenvalue weighted by Crippen LogP contribution is -2.26. The molecule has 0 bridgehead atoms. The van der Waals surface area contributed by atoms with Gasteiger partial charge in [-0.1, -0.05) is 32.0 Å². The topological polar surface area (TPSA) is 65.9 Å². The van der Waals surface area contributed by atoms with Crippen molar-refractivity contribution in [2.45, 2.75) is 20.4 Å². The first kappa shape index (κ1) is 18.3. The van der Waals surface area contributed by atoms with Crippen LogP contribution >= 0.6 is 0 Å². The van der Waals surface area contributed by atoms with Crippen LogP contribution in [0.2, 0.25) is 0 Å². The molecule has 0 fully saturated rings. The average molecular weight is 375 g/mol. The number of benzene rings is 2. The Balaban J connectivity index is 1.51. The fourth-order valence-electron chi connectivity index (χ4n) is 3.59. The molecule has 144 valence electrons. The number of aromatic nitrogens is 3. The number of carbonyl (C=O) groups is 1. The number of para-hydroxylation sites is 1. The summed E-state index contributed by atoms with van der Waals surface area (Å²) in [6.07, 6.45) is 2.11. The number of hydrogen-bond acceptors (Lipinski definition) is 3. The second kappa shape index (κ2) is 7.86. The number of aromatic amines is 1. The molecule has 6 heteroatoms. The Bertz CT molecular complexity index is 1110. The molecule has 1 amide bonds. The van der Waals surface area contributed by atoms with E-state index in [1.54, 1.807) is 0 Å². The van der Waals surface area contributed by atoms with Gasteiger partial charge in [0, 0.05) is 41.3 Å². The Hall–Kier alpha value is -3.12. The average Bonchev–Trinajstić information content (AvgIpc) is 3.32. The number of fused-ring (bicyclic) bond motifs is 2. The minimum atomic E-state index is -0.210. The van der Waals surface area contributed by atoms with Crippen LogP contribution in [0.25, 0.3) is 21.8 Å². The molecule has 4 aromatic rings. The summed E-state index contributed by atoms with van der Waals surface area (Å²) in [5.74, 6) is -0.210. The van der Waals surface area contributed by atoms with Crippen LogP contribution in [0.15, 0.2) is 54.7 Å². The van der Waals surface area contributed by atoms with Crippen molar-refractivity contribution >= 4 is 33.4 Å². The third-order valence-electron chi connectivity index (χ3n) is 5.27. The number of hydrogen-bond donors (Lipinski definition) is 2. The maximum Gasteiger partial charge on any atom is 0.276 e. The van der Waals surface area contributed by atoms with E-state index in [-0.39, 0.29) is 5.91 Å². The smallest absolute Gasteiger partial charge is 0.276 e. The van der Waals surface area contributed by atoms with Crippen LogP contribution in [0.1, 0.15) is 24.3 Å². The molecule has 2 heterocycles. The van der Waals surface area contributed by atoms with E-state index in [0.717, 1.165) is 48.2 Å². The number of likely N-dealkylation sites (N-methyl/N-ethyl adjacent to an activating group) is 1. The Morgan fingerprint density at radius 3 is 2.79 bits per heavy atom. The number of nitrogens with zero attached hydrogens (tertiary/aromatic N) is 3. The van der Waals surface area contributed by atoms with Gasteiger partial charge in [-0.15, -0.1) is 0 Å². The number of nitrogens with one attached hydrogen (secondary N) is 2. The van der Waals surface area contributed by atoms with Gasteiger partial charge in [-0.3, -0.25) is 9.89 Å². The van der Waals surface area contributed by atoms with E-state index in [0.29, 0.717) is 5.69 Å². The van der Waals surface area contributed by atoms with Crippen molar-refractivity contribution < 1.29 is 4.79 Å². The molecule has 2 aromatic heterocycles. The van der Waals surface area contributed by atoms with E-state index in [1.807, 2.05) is 36.4 Å². The van der Waals surface area contributed by atoms with Gasteiger partial charge in [-0.2, -0.15) is 5.10 Å². The molecule has 6 nitrogen and oxygen atoms in total. The van der Waals surface area contributed by atoms with Crippen molar-refractivity contribution in [3.8, 4) is 0 Å². The number of anilines is 1. The Morgan fingerprint density at radius 2 is 1.96 bits per heavy atom. The minimum Gasteiger partial charge on any atom is -0.346 e. The standard InChI is InChI=1S/C22H25N5O/c1-3-26(4-2)13-14-27-12-11-16-15-17(9-10-20(16)27)23-22(28)21-18-7-5-6-8-19(18)24-25-21/h5-12,15H,3-4,13-14H2,1-2H3,(H,23,28)(H,24,25). The van der Waals surface area contributed by atoms with Gasteiger partial charge < -0.3 is 14.8 Å². The fourth-order valence-corrected chi connectivity index (χ4v) is 3.59. The zero-order chi connectivity index (χ0) is 19.5. The van der Waals surface area contributed by atoms with Gasteiger partial charge in [-0.25, -0.2) is 0 Å². The summed E-state index contributed by atoms with van der Waals surface area (Å²) in [6, 6.07) is 15.7. The normalized spacial score (nSPS) is 11.5. The minimum absolute atomic E-state index is 0.210. The summed E-state index contributed by atoms with van der Waals surface area (Å²) >= 11 is 0. The lowest BCUT2D eigenvalue weighted by Gasteiger charge is -2.18. The highest BCUT2D eigenvalue weighted by Crippen LogP contribution is 2.22. The van der Waals surface area contributed by atoms with Crippen LogP contribution in [0.5, 0.6) is 0 Å². The van der Waals surface area contributed by atoms with E-state index in [2.05, 4.69) is 57.2 Å². The summed E-state index contributed by atoms with van der Waals surface area (Å²) in [4.78, 5) is 15.1. The van der Waals surface area contributed by atoms with Crippen LogP contribution in [-0.2, 0) is 6.54 Å². The van der Waals surface area contributed by atoms with E-state index < -0.39 is 0 Å². The largest absolute Gasteiger partial charge is 0.346 e. The molecule has 0 aliphatic rings. The Kier molecular flexibility index (Phi) is 5.12. The fraction of sp³-hybridized carbons (Fsp3) is 0.273. The lowest BCUT2D eigenvalue weighted by molar-refractivity contribution is 0.102. The second-order valence-electron chi connectivity index (χ2n) is 6.88. The van der Waals surface area contributed by atoms with Crippen LogP contribution in [-0.4, -0.2) is 45.2 Å². The summed E-state index contributed by atoms with van der Waals surface area (Å²) < 4.78 is 2.26. The van der Waals surface area contributed by atoms with Crippen molar-refractivity contribution in [1.29, 1.82) is 0 Å². The third-order valence-corrected chi connectivity index (χ3v) is 5.27. The van der Waals surface area contributed by atoms with Gasteiger partial charge in [0.25, 0.3) is 5.91 Å². The maximum atomic E-state index is 12.7. The zero-order valence-electron chi connectivity index (χ0n) is 16.3. The quantitative estimate of drug-likeness (QED) is 0.511. The maximum absolute atomic E-state index is 12.7. The monoisotopic (exact) mass is 375 g/mol. The number of amides is 1. The number of rotatable bonds is 7. The summed E-state index contributed by atoms with van der Waals surface area (Å²) in [6.45, 7) is 8.49. The molecule has 0 aliphatic carbocycles. The van der Waals surface area contributed by atoms with Crippen molar-refractivity contribution in [2.75, 3.05) is 25.0 Å². The number of carbonyl (C=O) groups excluding carboxylic acids is 1. The van der Waals surface area contributed by atoms with Gasteiger partial charge in [0.2, 0.25) is 0 Å². The van der Waals surface area contributed by atoms with E-state index in [9.17, 15) is 4.79 Å². The SMILES string of the molecule is CCN(CC)CCn1ccc2cc(NC(=O)c3n[nH]c4ccccc34)ccc21. The first-order chi connectivity index (χ1) is 13.7. The molecule has 0 radical (unpaired) electrons. The predicted molar refractivity (Wildman–Crippen MR) is 114 cm³/mol. The zero-order valence-corrected chi connectivity index (χ0v) is 16.3. The van der Waals surface area contributed by atoms with Gasteiger partial charge >= 0.3 is 0 Å². The molecule has 28 heavy (non-hydrogen) atoms. The molecule has 0 atom stereocenters. The van der Waals surface area contributed by atoms with Crippen LogP contribution < -0.4 is 5.32 Å². The van der Waals surface area contributed by atoms with Crippen molar-refractivity contribution in [3.63, 3.8) is 0 Å². The van der Waals surface area contributed by atoms with Gasteiger partial charge in [0.1, 0.15) is 0 Å². The molecule has 0 unspecified atom stereocenters. The van der Waals surface area contributed by atoms with Crippen LogP contribution in [0, 0.1) is 0 Å². The molecule has 0 saturated heterocycles. The van der Waals surface area contributed by atoms with Crippen molar-refractivity contribution in [2.24, 2.45) is 0 Å². The Morgan fingerprint density at radius 1 is 1.14 bits per heavy atom. The van der Waals surface area contributed by atoms with Gasteiger partial charge in [0.15, 0.2) is 5.69 Å². The molecule has 0 aliphatic heterocycles. The second-order valence-corrected chi connectivity index (χ2v) is 6.88. The summed E-state index contributed by atoms with van der Waals surface area (Å²) in [5.41, 5.74) is 3.21. The van der Waals surface area contributed by atoms with Crippen LogP contribution in [0.3, 0.4) is 0 Å². The number of H-pyrrole nitrogens is 1. The van der Waals surface area contributed by atoms with E-state index >= 15 is 0 Å². The predicted octanol–water partition coefficient (Wildman–Crippen LogP) is 4.11. The Labute approximate surface area is 164 Å². The molecule has 2 aromatic carbocycles. The molecule has 2 N–H and O–H groups in total. The van der Waals surface area contributed by atoms with Crippen molar-refractivity contribution in [3.05, 3.63) is 60.4 Å². The summed E-state index contributed by atoms with van der Waals surface area (Å²) in [5, 5.41) is 12.0. The lowest BCUT2D eigenvalue weighted by atomic mass is 10.2. The molecule has 0 saturated carbocycles. The summed E-state index contributed by atoms with van der Waals surface area (Å²) in [7, 11) is 0. The molecular formula is C22H25N5O. The molecular weight excluding hydrogens is 350 g/mol. The molecule has 0 spiro atoms. The van der Waals surface area contributed by atoms with Gasteiger partial charge in [0.05, 0.1) is 5.52 Å². The highest BCUT2D eigenvalue weighted by molar-refractivity contribution is 6.11. The molecule has 4 rings (SSSR count). The van der Waals surface area contributed by atoms with E-state index in [4.69, 9.17) is 0 Å². The first-order valence-corrected chi connectivity index (χ1v) is 9.75. The third kappa shape index (κ3) is 3.51. The first-order valence-electron chi connectivity index (χ1n) is 9.75. The highest BCUT2D eigenvalue weighted by Gasteiger charge is 2.14.